The molecule has 0 bridgehead atoms. The van der Waals surface area contributed by atoms with Gasteiger partial charge in [0.1, 0.15) is 0 Å². The molecule has 1 unspecified atom stereocenters. The normalized spacial score (nSPS) is 27.1. The van der Waals surface area contributed by atoms with Crippen LogP contribution in [0.2, 0.25) is 0 Å². The summed E-state index contributed by atoms with van der Waals surface area (Å²) in [6, 6.07) is 4.71. The largest absolute Gasteiger partial charge is 0.390 e. The minimum absolute atomic E-state index is 0.345. The molecular formula is C15H22N2O. The summed E-state index contributed by atoms with van der Waals surface area (Å²) in [6.07, 6.45) is 10.4. The highest BCUT2D eigenvalue weighted by atomic mass is 16.3. The highest BCUT2D eigenvalue weighted by molar-refractivity contribution is 5.15. The van der Waals surface area contributed by atoms with Gasteiger partial charge in [-0.2, -0.15) is 0 Å². The molecule has 1 saturated carbocycles. The van der Waals surface area contributed by atoms with E-state index >= 15 is 0 Å². The number of aromatic nitrogens is 1. The van der Waals surface area contributed by atoms with Gasteiger partial charge in [0.25, 0.3) is 0 Å². The third-order valence-corrected chi connectivity index (χ3v) is 4.58. The molecule has 1 aromatic heterocycles. The Balaban J connectivity index is 1.61. The van der Waals surface area contributed by atoms with Crippen molar-refractivity contribution >= 4 is 0 Å². The molecule has 0 radical (unpaired) electrons. The molecule has 1 N–H and O–H groups in total. The second-order valence-electron chi connectivity index (χ2n) is 5.81. The molecule has 1 aliphatic carbocycles. The number of hydrogen-bond donors (Lipinski definition) is 1. The SMILES string of the molecule is OC1(CCN2CCCC2c2cccnc2)CCC1. The fourth-order valence-corrected chi connectivity index (χ4v) is 3.23. The molecule has 0 amide bonds. The van der Waals surface area contributed by atoms with E-state index in [2.05, 4.69) is 16.0 Å². The molecule has 1 aromatic rings. The van der Waals surface area contributed by atoms with Crippen molar-refractivity contribution in [2.45, 2.75) is 50.2 Å². The summed E-state index contributed by atoms with van der Waals surface area (Å²) in [6.45, 7) is 2.19. The van der Waals surface area contributed by atoms with Gasteiger partial charge in [0.2, 0.25) is 0 Å². The lowest BCUT2D eigenvalue weighted by Crippen LogP contribution is -2.40. The Morgan fingerprint density at radius 1 is 1.39 bits per heavy atom. The first kappa shape index (κ1) is 12.1. The zero-order chi connectivity index (χ0) is 12.4. The maximum Gasteiger partial charge on any atom is 0.0660 e. The van der Waals surface area contributed by atoms with Crippen LogP contribution in [0.25, 0.3) is 0 Å². The minimum atomic E-state index is -0.345. The average Bonchev–Trinajstić information content (AvgIpc) is 2.83. The molecule has 18 heavy (non-hydrogen) atoms. The van der Waals surface area contributed by atoms with E-state index in [9.17, 15) is 5.11 Å². The van der Waals surface area contributed by atoms with Crippen LogP contribution in [-0.2, 0) is 0 Å². The van der Waals surface area contributed by atoms with Crippen LogP contribution in [0.15, 0.2) is 24.5 Å². The summed E-state index contributed by atoms with van der Waals surface area (Å²) in [5, 5.41) is 10.2. The average molecular weight is 246 g/mol. The van der Waals surface area contributed by atoms with E-state index in [0.717, 1.165) is 32.4 Å². The fourth-order valence-electron chi connectivity index (χ4n) is 3.23. The van der Waals surface area contributed by atoms with Gasteiger partial charge in [-0.3, -0.25) is 9.88 Å². The third-order valence-electron chi connectivity index (χ3n) is 4.58. The second kappa shape index (κ2) is 4.98. The lowest BCUT2D eigenvalue weighted by Gasteiger charge is -2.38. The predicted octanol–water partition coefficient (Wildman–Crippen LogP) is 2.52. The van der Waals surface area contributed by atoms with Crippen molar-refractivity contribution in [2.75, 3.05) is 13.1 Å². The van der Waals surface area contributed by atoms with Gasteiger partial charge in [-0.05, 0) is 56.7 Å². The summed E-state index contributed by atoms with van der Waals surface area (Å²) in [5.74, 6) is 0. The zero-order valence-electron chi connectivity index (χ0n) is 10.9. The third kappa shape index (κ3) is 2.43. The predicted molar refractivity (Wildman–Crippen MR) is 71.2 cm³/mol. The number of rotatable bonds is 4. The quantitative estimate of drug-likeness (QED) is 0.887. The van der Waals surface area contributed by atoms with Crippen molar-refractivity contribution in [2.24, 2.45) is 0 Å². The van der Waals surface area contributed by atoms with Crippen LogP contribution in [0, 0.1) is 0 Å². The maximum absolute atomic E-state index is 10.2. The van der Waals surface area contributed by atoms with E-state index < -0.39 is 0 Å². The van der Waals surface area contributed by atoms with Crippen LogP contribution in [-0.4, -0.2) is 33.7 Å². The van der Waals surface area contributed by atoms with E-state index in [0.29, 0.717) is 6.04 Å². The van der Waals surface area contributed by atoms with Crippen LogP contribution in [0.5, 0.6) is 0 Å². The molecule has 0 spiro atoms. The van der Waals surface area contributed by atoms with Crippen LogP contribution in [0.4, 0.5) is 0 Å². The van der Waals surface area contributed by atoms with Crippen LogP contribution in [0.3, 0.4) is 0 Å². The van der Waals surface area contributed by atoms with Crippen LogP contribution < -0.4 is 0 Å². The van der Waals surface area contributed by atoms with Crippen LogP contribution >= 0.6 is 0 Å². The molecule has 1 atom stereocenters. The van der Waals surface area contributed by atoms with Crippen molar-refractivity contribution in [3.63, 3.8) is 0 Å². The van der Waals surface area contributed by atoms with E-state index in [4.69, 9.17) is 0 Å². The number of likely N-dealkylation sites (tertiary alicyclic amines) is 1. The fraction of sp³-hybridized carbons (Fsp3) is 0.667. The summed E-state index contributed by atoms with van der Waals surface area (Å²) in [7, 11) is 0. The van der Waals surface area contributed by atoms with Crippen molar-refractivity contribution in [3.8, 4) is 0 Å². The van der Waals surface area contributed by atoms with E-state index in [-0.39, 0.29) is 5.60 Å². The standard InChI is InChI=1S/C15H22N2O/c18-15(6-3-7-15)8-11-17-10-2-5-14(17)13-4-1-9-16-12-13/h1,4,9,12,14,18H,2-3,5-8,10-11H2. The Morgan fingerprint density at radius 3 is 2.94 bits per heavy atom. The van der Waals surface area contributed by atoms with Gasteiger partial charge < -0.3 is 5.11 Å². The minimum Gasteiger partial charge on any atom is -0.390 e. The number of hydrogen-bond acceptors (Lipinski definition) is 3. The number of aliphatic hydroxyl groups is 1. The Bertz CT molecular complexity index is 389. The molecule has 3 heteroatoms. The Kier molecular flexibility index (Phi) is 3.35. The highest BCUT2D eigenvalue weighted by Gasteiger charge is 2.35. The molecule has 2 heterocycles. The van der Waals surface area contributed by atoms with E-state index in [1.807, 2.05) is 18.5 Å². The van der Waals surface area contributed by atoms with Gasteiger partial charge >= 0.3 is 0 Å². The zero-order valence-corrected chi connectivity index (χ0v) is 10.9. The molecular weight excluding hydrogens is 224 g/mol. The van der Waals surface area contributed by atoms with Crippen molar-refractivity contribution in [1.29, 1.82) is 0 Å². The molecule has 3 rings (SSSR count). The molecule has 0 aromatic carbocycles. The van der Waals surface area contributed by atoms with Crippen LogP contribution in [0.1, 0.15) is 50.1 Å². The summed E-state index contributed by atoms with van der Waals surface area (Å²) in [5.41, 5.74) is 0.984. The smallest absolute Gasteiger partial charge is 0.0660 e. The molecule has 3 nitrogen and oxygen atoms in total. The molecule has 1 aliphatic heterocycles. The lowest BCUT2D eigenvalue weighted by molar-refractivity contribution is -0.0470. The molecule has 98 valence electrons. The summed E-state index contributed by atoms with van der Waals surface area (Å²) >= 11 is 0. The van der Waals surface area contributed by atoms with Crippen molar-refractivity contribution in [1.82, 2.24) is 9.88 Å². The van der Waals surface area contributed by atoms with Gasteiger partial charge in [-0.15, -0.1) is 0 Å². The monoisotopic (exact) mass is 246 g/mol. The first-order valence-electron chi connectivity index (χ1n) is 7.13. The number of nitrogens with zero attached hydrogens (tertiary/aromatic N) is 2. The Morgan fingerprint density at radius 2 is 2.28 bits per heavy atom. The maximum atomic E-state index is 10.2. The molecule has 2 fully saturated rings. The summed E-state index contributed by atoms with van der Waals surface area (Å²) in [4.78, 5) is 6.75. The molecule has 1 saturated heterocycles. The van der Waals surface area contributed by atoms with Gasteiger partial charge in [0.15, 0.2) is 0 Å². The van der Waals surface area contributed by atoms with E-state index in [1.54, 1.807) is 0 Å². The Hall–Kier alpha value is -0.930. The van der Waals surface area contributed by atoms with Gasteiger partial charge in [0, 0.05) is 25.0 Å². The van der Waals surface area contributed by atoms with E-state index in [1.165, 1.54) is 24.8 Å². The highest BCUT2D eigenvalue weighted by Crippen LogP contribution is 2.37. The first-order chi connectivity index (χ1) is 8.77. The topological polar surface area (TPSA) is 36.4 Å². The van der Waals surface area contributed by atoms with Gasteiger partial charge in [0.05, 0.1) is 5.60 Å². The van der Waals surface area contributed by atoms with Crippen molar-refractivity contribution < 1.29 is 5.11 Å². The summed E-state index contributed by atoms with van der Waals surface area (Å²) < 4.78 is 0. The van der Waals surface area contributed by atoms with Gasteiger partial charge in [-0.25, -0.2) is 0 Å². The van der Waals surface area contributed by atoms with Crippen molar-refractivity contribution in [3.05, 3.63) is 30.1 Å². The first-order valence-corrected chi connectivity index (χ1v) is 7.13. The molecule has 2 aliphatic rings. The lowest BCUT2D eigenvalue weighted by atomic mass is 9.78. The van der Waals surface area contributed by atoms with Gasteiger partial charge in [-0.1, -0.05) is 6.07 Å². The number of pyridine rings is 1. The Labute approximate surface area is 109 Å². The second-order valence-corrected chi connectivity index (χ2v) is 5.81.